The molecular weight excluding hydrogens is 218 g/mol. The zero-order chi connectivity index (χ0) is 12.3. The number of nitro groups is 1. The molecule has 0 saturated carbocycles. The molecule has 0 radical (unpaired) electrons. The topological polar surface area (TPSA) is 128 Å². The number of hydrogen-bond acceptors (Lipinski definition) is 6. The number of aromatic nitrogens is 1. The number of hydrogen-bond donors (Lipinski definition) is 4. The van der Waals surface area contributed by atoms with E-state index >= 15 is 0 Å². The minimum absolute atomic E-state index is 0.0420. The van der Waals surface area contributed by atoms with E-state index in [4.69, 9.17) is 5.11 Å². The fourth-order valence-electron chi connectivity index (χ4n) is 1.26. The Morgan fingerprint density at radius 1 is 1.56 bits per heavy atom. The average Bonchev–Trinajstić information content (AvgIpc) is 2.16. The Balaban J connectivity index is 3.33. The summed E-state index contributed by atoms with van der Waals surface area (Å²) < 4.78 is 0. The molecule has 0 aliphatic heterocycles. The monoisotopic (exact) mass is 229 g/mol. The van der Waals surface area contributed by atoms with Gasteiger partial charge in [0.15, 0.2) is 0 Å². The van der Waals surface area contributed by atoms with Crippen molar-refractivity contribution in [2.45, 2.75) is 6.92 Å². The van der Waals surface area contributed by atoms with Crippen LogP contribution in [-0.4, -0.2) is 33.3 Å². The summed E-state index contributed by atoms with van der Waals surface area (Å²) in [6.45, 7) is 1.38. The second kappa shape index (κ2) is 4.62. The Hall–Kier alpha value is -2.09. The average molecular weight is 229 g/mol. The number of H-pyrrole nitrogens is 1. The van der Waals surface area contributed by atoms with Gasteiger partial charge in [0.2, 0.25) is 5.75 Å². The van der Waals surface area contributed by atoms with Gasteiger partial charge in [0.1, 0.15) is 5.69 Å². The maximum absolute atomic E-state index is 11.2. The van der Waals surface area contributed by atoms with Crippen LogP contribution < -0.4 is 10.9 Å². The minimum Gasteiger partial charge on any atom is -0.500 e. The molecule has 0 atom stereocenters. The van der Waals surface area contributed by atoms with Crippen molar-refractivity contribution in [1.82, 2.24) is 4.98 Å². The largest absolute Gasteiger partial charge is 0.500 e. The van der Waals surface area contributed by atoms with Crippen molar-refractivity contribution < 1.29 is 15.1 Å². The minimum atomic E-state index is -0.963. The molecule has 0 fully saturated rings. The van der Waals surface area contributed by atoms with Crippen LogP contribution in [-0.2, 0) is 0 Å². The Bertz CT molecular complexity index is 467. The Morgan fingerprint density at radius 3 is 2.69 bits per heavy atom. The molecular formula is C8H11N3O5. The Labute approximate surface area is 89.7 Å². The first-order chi connectivity index (χ1) is 7.49. The van der Waals surface area contributed by atoms with E-state index in [0.29, 0.717) is 0 Å². The molecule has 1 aromatic rings. The normalized spacial score (nSPS) is 10.1. The maximum atomic E-state index is 11.2. The summed E-state index contributed by atoms with van der Waals surface area (Å²) >= 11 is 0. The first-order valence-electron chi connectivity index (χ1n) is 4.44. The molecule has 0 spiro atoms. The zero-order valence-electron chi connectivity index (χ0n) is 8.48. The van der Waals surface area contributed by atoms with Gasteiger partial charge in [0.25, 0.3) is 0 Å². The number of anilines is 1. The highest BCUT2D eigenvalue weighted by atomic mass is 16.6. The number of aromatic hydroxyl groups is 1. The first kappa shape index (κ1) is 12.0. The van der Waals surface area contributed by atoms with Crippen LogP contribution in [0.25, 0.3) is 0 Å². The van der Waals surface area contributed by atoms with Gasteiger partial charge in [-0.25, -0.2) is 0 Å². The first-order valence-corrected chi connectivity index (χ1v) is 4.44. The lowest BCUT2D eigenvalue weighted by molar-refractivity contribution is -0.387. The van der Waals surface area contributed by atoms with Crippen LogP contribution in [0.15, 0.2) is 4.79 Å². The van der Waals surface area contributed by atoms with Crippen LogP contribution in [0.5, 0.6) is 5.75 Å². The molecule has 1 aromatic heterocycles. The number of pyridine rings is 1. The van der Waals surface area contributed by atoms with Crippen molar-refractivity contribution in [3.63, 3.8) is 0 Å². The fraction of sp³-hybridized carbons (Fsp3) is 0.375. The summed E-state index contributed by atoms with van der Waals surface area (Å²) in [6.07, 6.45) is 0. The number of nitrogens with zero attached hydrogens (tertiary/aromatic N) is 1. The molecule has 8 nitrogen and oxygen atoms in total. The van der Waals surface area contributed by atoms with Gasteiger partial charge in [-0.1, -0.05) is 0 Å². The van der Waals surface area contributed by atoms with Crippen molar-refractivity contribution in [2.24, 2.45) is 0 Å². The van der Waals surface area contributed by atoms with E-state index < -0.39 is 21.9 Å². The molecule has 0 amide bonds. The molecule has 1 rings (SSSR count). The van der Waals surface area contributed by atoms with E-state index in [1.54, 1.807) is 0 Å². The fourth-order valence-corrected chi connectivity index (χ4v) is 1.26. The third kappa shape index (κ3) is 2.11. The SMILES string of the molecule is Cc1[nH]c(=O)c([N+](=O)[O-])c(O)c1NCCO. The Kier molecular flexibility index (Phi) is 3.46. The summed E-state index contributed by atoms with van der Waals surface area (Å²) in [5, 5.41) is 31.2. The van der Waals surface area contributed by atoms with Crippen molar-refractivity contribution in [3.8, 4) is 5.75 Å². The van der Waals surface area contributed by atoms with Crippen molar-refractivity contribution in [1.29, 1.82) is 0 Å². The van der Waals surface area contributed by atoms with Crippen LogP contribution in [0, 0.1) is 17.0 Å². The number of nitrogens with one attached hydrogen (secondary N) is 2. The molecule has 0 aliphatic rings. The van der Waals surface area contributed by atoms with E-state index in [2.05, 4.69) is 10.3 Å². The van der Waals surface area contributed by atoms with Gasteiger partial charge in [-0.15, -0.1) is 0 Å². The molecule has 88 valence electrons. The van der Waals surface area contributed by atoms with Crippen LogP contribution in [0.3, 0.4) is 0 Å². The summed E-state index contributed by atoms with van der Waals surface area (Å²) in [5.74, 6) is -0.722. The third-order valence-corrected chi connectivity index (χ3v) is 1.95. The van der Waals surface area contributed by atoms with Crippen LogP contribution in [0.4, 0.5) is 11.4 Å². The summed E-state index contributed by atoms with van der Waals surface area (Å²) in [7, 11) is 0. The van der Waals surface area contributed by atoms with E-state index in [9.17, 15) is 20.0 Å². The zero-order valence-corrected chi connectivity index (χ0v) is 8.48. The summed E-state index contributed by atoms with van der Waals surface area (Å²) in [4.78, 5) is 23.0. The molecule has 8 heteroatoms. The summed E-state index contributed by atoms with van der Waals surface area (Å²) in [5.41, 5.74) is -1.57. The molecule has 16 heavy (non-hydrogen) atoms. The van der Waals surface area contributed by atoms with Crippen LogP contribution in [0.2, 0.25) is 0 Å². The van der Waals surface area contributed by atoms with Gasteiger partial charge in [-0.2, -0.15) is 0 Å². The summed E-state index contributed by atoms with van der Waals surface area (Å²) in [6, 6.07) is 0. The van der Waals surface area contributed by atoms with Crippen LogP contribution in [0.1, 0.15) is 5.69 Å². The van der Waals surface area contributed by atoms with Gasteiger partial charge in [0, 0.05) is 12.2 Å². The number of rotatable bonds is 4. The predicted molar refractivity (Wildman–Crippen MR) is 55.7 cm³/mol. The molecule has 0 aromatic carbocycles. The maximum Gasteiger partial charge on any atom is 0.377 e. The number of aromatic amines is 1. The molecule has 0 aliphatic carbocycles. The number of aliphatic hydroxyl groups excluding tert-OH is 1. The van der Waals surface area contributed by atoms with E-state index in [0.717, 1.165) is 0 Å². The van der Waals surface area contributed by atoms with Gasteiger partial charge in [-0.3, -0.25) is 14.9 Å². The van der Waals surface area contributed by atoms with Crippen molar-refractivity contribution in [3.05, 3.63) is 26.2 Å². The molecule has 4 N–H and O–H groups in total. The highest BCUT2D eigenvalue weighted by Crippen LogP contribution is 2.31. The van der Waals surface area contributed by atoms with E-state index in [1.807, 2.05) is 0 Å². The molecule has 0 bridgehead atoms. The standard InChI is InChI=1S/C8H11N3O5/c1-4-5(9-2-3-12)7(13)6(11(15)16)8(14)10-4/h9,12H,2-3H2,1H3,(H2,10,13,14). The highest BCUT2D eigenvalue weighted by molar-refractivity contribution is 5.66. The number of aliphatic hydroxyl groups is 1. The molecule has 0 unspecified atom stereocenters. The molecule has 0 saturated heterocycles. The van der Waals surface area contributed by atoms with Gasteiger partial charge in [-0.05, 0) is 6.92 Å². The van der Waals surface area contributed by atoms with E-state index in [-0.39, 0.29) is 24.5 Å². The quantitative estimate of drug-likeness (QED) is 0.414. The second-order valence-corrected chi connectivity index (χ2v) is 3.06. The van der Waals surface area contributed by atoms with Crippen molar-refractivity contribution in [2.75, 3.05) is 18.5 Å². The number of aryl methyl sites for hydroxylation is 1. The van der Waals surface area contributed by atoms with Gasteiger partial charge in [0.05, 0.1) is 11.5 Å². The highest BCUT2D eigenvalue weighted by Gasteiger charge is 2.24. The van der Waals surface area contributed by atoms with Crippen LogP contribution >= 0.6 is 0 Å². The lowest BCUT2D eigenvalue weighted by atomic mass is 10.2. The third-order valence-electron chi connectivity index (χ3n) is 1.95. The lowest BCUT2D eigenvalue weighted by Crippen LogP contribution is -2.16. The second-order valence-electron chi connectivity index (χ2n) is 3.06. The Morgan fingerprint density at radius 2 is 2.19 bits per heavy atom. The lowest BCUT2D eigenvalue weighted by Gasteiger charge is -2.09. The smallest absolute Gasteiger partial charge is 0.377 e. The van der Waals surface area contributed by atoms with Gasteiger partial charge < -0.3 is 20.5 Å². The predicted octanol–water partition coefficient (Wildman–Crippen LogP) is -0.299. The van der Waals surface area contributed by atoms with Crippen molar-refractivity contribution >= 4 is 11.4 Å². The van der Waals surface area contributed by atoms with Gasteiger partial charge >= 0.3 is 11.2 Å². The van der Waals surface area contributed by atoms with E-state index in [1.165, 1.54) is 6.92 Å². The molecule has 1 heterocycles.